The molecule has 2 heterocycles. The second kappa shape index (κ2) is 9.46. The van der Waals surface area contributed by atoms with E-state index in [1.807, 2.05) is 0 Å². The minimum absolute atomic E-state index is 0.0335. The Bertz CT molecular complexity index is 1400. The van der Waals surface area contributed by atoms with Gasteiger partial charge in [0.2, 0.25) is 0 Å². The number of amides is 1. The molecule has 0 N–H and O–H groups in total. The van der Waals surface area contributed by atoms with Crippen molar-refractivity contribution in [3.05, 3.63) is 87.9 Å². The first kappa shape index (κ1) is 27.2. The fraction of sp³-hybridized carbons (Fsp3) is 0.250. The summed E-state index contributed by atoms with van der Waals surface area (Å²) >= 11 is 11.9. The van der Waals surface area contributed by atoms with Crippen LogP contribution in [0.1, 0.15) is 11.1 Å². The summed E-state index contributed by atoms with van der Waals surface area (Å²) < 4.78 is 77.9. The highest BCUT2D eigenvalue weighted by atomic mass is 35.5. The molecule has 2 bridgehead atoms. The van der Waals surface area contributed by atoms with Crippen LogP contribution in [0.15, 0.2) is 71.7 Å². The van der Waals surface area contributed by atoms with E-state index in [2.05, 4.69) is 6.58 Å². The van der Waals surface area contributed by atoms with Gasteiger partial charge in [0.1, 0.15) is 11.0 Å². The maximum absolute atomic E-state index is 13.8. The van der Waals surface area contributed by atoms with Crippen LogP contribution in [0.4, 0.5) is 13.2 Å². The number of ether oxygens (including phenoxy) is 2. The maximum atomic E-state index is 13.8. The molecule has 37 heavy (non-hydrogen) atoms. The quantitative estimate of drug-likeness (QED) is 0.280. The van der Waals surface area contributed by atoms with Gasteiger partial charge in [-0.1, -0.05) is 72.3 Å². The van der Waals surface area contributed by atoms with Crippen molar-refractivity contribution in [1.29, 1.82) is 0 Å². The van der Waals surface area contributed by atoms with Crippen LogP contribution in [0, 0.1) is 5.41 Å². The Labute approximate surface area is 220 Å². The molecule has 0 spiro atoms. The number of carbonyl (C=O) groups is 2. The van der Waals surface area contributed by atoms with E-state index in [-0.39, 0.29) is 12.2 Å². The molecule has 1 aliphatic carbocycles. The number of sulfonamides is 1. The van der Waals surface area contributed by atoms with Crippen molar-refractivity contribution in [3.63, 3.8) is 0 Å². The lowest BCUT2D eigenvalue weighted by molar-refractivity contribution is -0.171. The molecule has 2 aromatic rings. The van der Waals surface area contributed by atoms with Crippen molar-refractivity contribution in [2.75, 3.05) is 7.11 Å². The summed E-state index contributed by atoms with van der Waals surface area (Å²) in [5.74, 6) is -2.36. The van der Waals surface area contributed by atoms with Gasteiger partial charge < -0.3 is 9.47 Å². The molecule has 0 unspecified atom stereocenters. The predicted octanol–water partition coefficient (Wildman–Crippen LogP) is 4.78. The zero-order chi connectivity index (χ0) is 27.3. The number of alkyl halides is 3. The molecule has 0 radical (unpaired) electrons. The molecule has 3 aliphatic rings. The number of halogens is 5. The topological polar surface area (TPSA) is 90.0 Å². The van der Waals surface area contributed by atoms with E-state index in [4.69, 9.17) is 32.7 Å². The fourth-order valence-corrected chi connectivity index (χ4v) is 7.13. The highest BCUT2D eigenvalue weighted by molar-refractivity contribution is 7.90. The Hall–Kier alpha value is -2.86. The number of esters is 1. The third-order valence-electron chi connectivity index (χ3n) is 6.10. The van der Waals surface area contributed by atoms with Crippen molar-refractivity contribution in [1.82, 2.24) is 4.31 Å². The third-order valence-corrected chi connectivity index (χ3v) is 8.79. The van der Waals surface area contributed by atoms with Crippen LogP contribution in [0.25, 0.3) is 0 Å². The predicted molar refractivity (Wildman–Crippen MR) is 127 cm³/mol. The van der Waals surface area contributed by atoms with Gasteiger partial charge in [0.05, 0.1) is 35.4 Å². The van der Waals surface area contributed by atoms with Crippen LogP contribution in [0.5, 0.6) is 0 Å². The monoisotopic (exact) mass is 575 g/mol. The number of hydrogen-bond donors (Lipinski definition) is 0. The minimum Gasteiger partial charge on any atom is -0.468 e. The van der Waals surface area contributed by atoms with Gasteiger partial charge >= 0.3 is 12.1 Å². The molecule has 1 fully saturated rings. The molecule has 5 rings (SSSR count). The fourth-order valence-electron chi connectivity index (χ4n) is 4.37. The lowest BCUT2D eigenvalue weighted by Crippen LogP contribution is -2.67. The summed E-state index contributed by atoms with van der Waals surface area (Å²) in [5, 5.41) is -1.71. The van der Waals surface area contributed by atoms with E-state index >= 15 is 0 Å². The molecule has 1 amide bonds. The van der Waals surface area contributed by atoms with E-state index < -0.39 is 66.1 Å². The van der Waals surface area contributed by atoms with Gasteiger partial charge in [-0.25, -0.2) is 12.7 Å². The Balaban J connectivity index is 1.80. The van der Waals surface area contributed by atoms with Crippen LogP contribution in [-0.2, 0) is 41.9 Å². The van der Waals surface area contributed by atoms with Crippen LogP contribution in [0.2, 0.25) is 10.0 Å². The van der Waals surface area contributed by atoms with Crippen molar-refractivity contribution >= 4 is 45.1 Å². The zero-order valence-electron chi connectivity index (χ0n) is 19.0. The lowest BCUT2D eigenvalue weighted by atomic mass is 9.68. The Morgan fingerprint density at radius 3 is 2.30 bits per heavy atom. The van der Waals surface area contributed by atoms with Crippen molar-refractivity contribution in [2.45, 2.75) is 29.8 Å². The third kappa shape index (κ3) is 4.33. The Morgan fingerprint density at radius 1 is 1.16 bits per heavy atom. The number of methoxy groups -OCH3 is 1. The van der Waals surface area contributed by atoms with E-state index in [1.54, 1.807) is 30.3 Å². The summed E-state index contributed by atoms with van der Waals surface area (Å²) in [4.78, 5) is 25.8. The molecular formula is C24H18Cl2F3NO6S. The van der Waals surface area contributed by atoms with E-state index in [0.717, 1.165) is 7.11 Å². The van der Waals surface area contributed by atoms with Crippen molar-refractivity contribution in [3.8, 4) is 0 Å². The van der Waals surface area contributed by atoms with E-state index in [9.17, 15) is 31.2 Å². The first-order valence-corrected chi connectivity index (χ1v) is 12.7. The largest absolute Gasteiger partial charge is 0.468 e. The average molecular weight is 576 g/mol. The molecule has 2 aliphatic heterocycles. The number of fused-ring (bicyclic) bond motifs is 2. The molecule has 0 aromatic heterocycles. The first-order chi connectivity index (χ1) is 17.3. The van der Waals surface area contributed by atoms with Gasteiger partial charge in [-0.15, -0.1) is 0 Å². The molecule has 1 saturated heterocycles. The van der Waals surface area contributed by atoms with Crippen LogP contribution < -0.4 is 0 Å². The van der Waals surface area contributed by atoms with Gasteiger partial charge in [-0.2, -0.15) is 13.2 Å². The Kier molecular flexibility index (Phi) is 6.95. The highest BCUT2D eigenvalue weighted by Gasteiger charge is 2.65. The second-order valence-corrected chi connectivity index (χ2v) is 10.9. The standard InChI is InChI=1S/C24H18Cl2F3NO6S/c1-13-18-8-9-23(22(32)35-2,20(13)36-12-14-6-4-3-5-7-14)21(31)30(18)37(33,34)19-16(25)10-15(11-17(19)26)24(27,28)29/h3-11,18,20H,1,12H2,2H3/t18-,20+,23-/m0/s1. The number of carbonyl (C=O) groups excluding carboxylic acids is 2. The summed E-state index contributed by atoms with van der Waals surface area (Å²) in [6.07, 6.45) is -3.71. The van der Waals surface area contributed by atoms with Gasteiger partial charge in [-0.05, 0) is 23.3 Å². The van der Waals surface area contributed by atoms with Crippen LogP contribution >= 0.6 is 23.2 Å². The van der Waals surface area contributed by atoms with Gasteiger partial charge in [0, 0.05) is 0 Å². The number of piperidine rings is 1. The van der Waals surface area contributed by atoms with Crippen molar-refractivity contribution < 1.29 is 40.7 Å². The van der Waals surface area contributed by atoms with Gasteiger partial charge in [0.15, 0.2) is 5.41 Å². The van der Waals surface area contributed by atoms with Crippen molar-refractivity contribution in [2.24, 2.45) is 5.41 Å². The molecule has 13 heteroatoms. The van der Waals surface area contributed by atoms with Gasteiger partial charge in [-0.3, -0.25) is 9.59 Å². The molecular weight excluding hydrogens is 558 g/mol. The van der Waals surface area contributed by atoms with E-state index in [0.29, 0.717) is 22.0 Å². The zero-order valence-corrected chi connectivity index (χ0v) is 21.3. The first-order valence-electron chi connectivity index (χ1n) is 10.5. The summed E-state index contributed by atoms with van der Waals surface area (Å²) in [7, 11) is -3.98. The highest BCUT2D eigenvalue weighted by Crippen LogP contribution is 2.49. The number of benzene rings is 2. The maximum Gasteiger partial charge on any atom is 0.416 e. The minimum atomic E-state index is -4.99. The van der Waals surface area contributed by atoms with Crippen LogP contribution in [-0.4, -0.2) is 43.9 Å². The number of nitrogens with zero attached hydrogens (tertiary/aromatic N) is 1. The molecule has 3 atom stereocenters. The molecule has 0 saturated carbocycles. The van der Waals surface area contributed by atoms with Crippen LogP contribution in [0.3, 0.4) is 0 Å². The average Bonchev–Trinajstić information content (AvgIpc) is 2.83. The normalized spacial score (nSPS) is 23.5. The summed E-state index contributed by atoms with van der Waals surface area (Å²) in [6, 6.07) is 8.24. The van der Waals surface area contributed by atoms with E-state index in [1.165, 1.54) is 12.2 Å². The molecule has 7 nitrogen and oxygen atoms in total. The SMILES string of the molecule is C=C1[C@@H](OCc2ccccc2)[C@@]2(C(=O)OC)C=C[C@@H]1N(S(=O)(=O)c1c(Cl)cc(C(F)(F)F)cc1Cl)C2=O. The smallest absolute Gasteiger partial charge is 0.416 e. The Morgan fingerprint density at radius 2 is 1.76 bits per heavy atom. The number of rotatable bonds is 6. The molecule has 196 valence electrons. The van der Waals surface area contributed by atoms with Gasteiger partial charge in [0.25, 0.3) is 15.9 Å². The summed E-state index contributed by atoms with van der Waals surface area (Å²) in [5.41, 5.74) is -2.81. The second-order valence-electron chi connectivity index (χ2n) is 8.29. The molecule has 2 aromatic carbocycles. The number of hydrogen-bond acceptors (Lipinski definition) is 6. The lowest BCUT2D eigenvalue weighted by Gasteiger charge is -2.50. The summed E-state index contributed by atoms with van der Waals surface area (Å²) in [6.45, 7) is 3.84.